The van der Waals surface area contributed by atoms with Crippen molar-refractivity contribution in [2.45, 2.75) is 46.1 Å². The van der Waals surface area contributed by atoms with E-state index in [1.54, 1.807) is 6.07 Å². The van der Waals surface area contributed by atoms with Crippen molar-refractivity contribution in [1.29, 1.82) is 0 Å². The lowest BCUT2D eigenvalue weighted by molar-refractivity contribution is 0.0731. The summed E-state index contributed by atoms with van der Waals surface area (Å²) in [7, 11) is 0. The van der Waals surface area contributed by atoms with Gasteiger partial charge in [0.25, 0.3) is 5.91 Å². The van der Waals surface area contributed by atoms with Gasteiger partial charge in [0.05, 0.1) is 17.9 Å². The number of nitrogens with zero attached hydrogens (tertiary/aromatic N) is 1. The first-order chi connectivity index (χ1) is 10.0. The smallest absolute Gasteiger partial charge is 0.257 e. The van der Waals surface area contributed by atoms with Crippen LogP contribution in [0.5, 0.6) is 5.75 Å². The first kappa shape index (κ1) is 15.7. The molecule has 1 saturated carbocycles. The quantitative estimate of drug-likeness (QED) is 0.784. The highest BCUT2D eigenvalue weighted by Crippen LogP contribution is 2.33. The zero-order valence-electron chi connectivity index (χ0n) is 13.3. The molecule has 0 aromatic heterocycles. The Morgan fingerprint density at radius 1 is 1.43 bits per heavy atom. The van der Waals surface area contributed by atoms with Crippen LogP contribution in [0, 0.1) is 5.92 Å². The van der Waals surface area contributed by atoms with Crippen molar-refractivity contribution in [2.75, 3.05) is 18.9 Å². The summed E-state index contributed by atoms with van der Waals surface area (Å²) in [6, 6.07) is 5.80. The molecule has 2 N–H and O–H groups in total. The van der Waals surface area contributed by atoms with Crippen LogP contribution in [0.1, 0.15) is 50.4 Å². The summed E-state index contributed by atoms with van der Waals surface area (Å²) in [5.74, 6) is 1.17. The molecule has 0 bridgehead atoms. The van der Waals surface area contributed by atoms with Crippen molar-refractivity contribution in [1.82, 2.24) is 4.90 Å². The van der Waals surface area contributed by atoms with E-state index in [2.05, 4.69) is 13.8 Å². The van der Waals surface area contributed by atoms with E-state index in [0.29, 0.717) is 35.6 Å². The topological polar surface area (TPSA) is 55.6 Å². The second-order valence-electron chi connectivity index (χ2n) is 6.07. The lowest BCUT2D eigenvalue weighted by atomic mass is 10.1. The minimum absolute atomic E-state index is 0.0499. The fraction of sp³-hybridized carbons (Fsp3) is 0.588. The molecule has 1 aliphatic carbocycles. The number of carbonyl (C=O) groups excluding carboxylic acids is 1. The number of nitrogens with two attached hydrogens (primary N) is 1. The molecular formula is C17H26N2O2. The molecule has 1 amide bonds. The van der Waals surface area contributed by atoms with Crippen LogP contribution >= 0.6 is 0 Å². The number of amides is 1. The number of ether oxygens (including phenoxy) is 1. The summed E-state index contributed by atoms with van der Waals surface area (Å²) in [6.07, 6.45) is 3.24. The van der Waals surface area contributed by atoms with Crippen LogP contribution < -0.4 is 10.5 Å². The second kappa shape index (κ2) is 6.83. The van der Waals surface area contributed by atoms with Gasteiger partial charge in [0, 0.05) is 12.6 Å². The Labute approximate surface area is 127 Å². The van der Waals surface area contributed by atoms with Crippen molar-refractivity contribution in [3.63, 3.8) is 0 Å². The molecule has 0 aliphatic heterocycles. The van der Waals surface area contributed by atoms with Gasteiger partial charge in [-0.1, -0.05) is 19.9 Å². The number of anilines is 1. The summed E-state index contributed by atoms with van der Waals surface area (Å²) in [5.41, 5.74) is 7.08. The Morgan fingerprint density at radius 3 is 2.71 bits per heavy atom. The molecule has 0 unspecified atom stereocenters. The van der Waals surface area contributed by atoms with Gasteiger partial charge >= 0.3 is 0 Å². The van der Waals surface area contributed by atoms with Crippen LogP contribution in [-0.2, 0) is 0 Å². The highest BCUT2D eigenvalue weighted by Gasteiger charge is 2.34. The van der Waals surface area contributed by atoms with Crippen molar-refractivity contribution < 1.29 is 9.53 Å². The maximum absolute atomic E-state index is 12.9. The van der Waals surface area contributed by atoms with Crippen LogP contribution in [-0.4, -0.2) is 30.0 Å². The van der Waals surface area contributed by atoms with Gasteiger partial charge in [-0.25, -0.2) is 0 Å². The second-order valence-corrected chi connectivity index (χ2v) is 6.07. The lowest BCUT2D eigenvalue weighted by Gasteiger charge is -2.24. The lowest BCUT2D eigenvalue weighted by Crippen LogP contribution is -2.35. The predicted molar refractivity (Wildman–Crippen MR) is 85.5 cm³/mol. The molecule has 4 nitrogen and oxygen atoms in total. The Hall–Kier alpha value is -1.71. The van der Waals surface area contributed by atoms with Gasteiger partial charge in [-0.3, -0.25) is 4.79 Å². The van der Waals surface area contributed by atoms with E-state index < -0.39 is 0 Å². The first-order valence-electron chi connectivity index (χ1n) is 7.86. The molecule has 1 fully saturated rings. The monoisotopic (exact) mass is 290 g/mol. The summed E-state index contributed by atoms with van der Waals surface area (Å²) < 4.78 is 5.59. The SMILES string of the molecule is CCOc1c(N)cccc1C(=O)N(CCC(C)C)C1CC1. The van der Waals surface area contributed by atoms with Crippen LogP contribution in [0.4, 0.5) is 5.69 Å². The molecule has 1 aromatic carbocycles. The molecule has 0 spiro atoms. The standard InChI is InChI=1S/C17H26N2O2/c1-4-21-16-14(6-5-7-15(16)18)17(20)19(13-8-9-13)11-10-12(2)3/h5-7,12-13H,4,8-11,18H2,1-3H3. The van der Waals surface area contributed by atoms with E-state index in [1.165, 1.54) is 0 Å². The third kappa shape index (κ3) is 3.90. The summed E-state index contributed by atoms with van der Waals surface area (Å²) in [4.78, 5) is 14.9. The fourth-order valence-corrected chi connectivity index (χ4v) is 2.42. The van der Waals surface area contributed by atoms with Gasteiger partial charge in [0.15, 0.2) is 5.75 Å². The maximum Gasteiger partial charge on any atom is 0.257 e. The zero-order valence-corrected chi connectivity index (χ0v) is 13.3. The number of hydrogen-bond acceptors (Lipinski definition) is 3. The van der Waals surface area contributed by atoms with Crippen molar-refractivity contribution in [2.24, 2.45) is 5.92 Å². The Morgan fingerprint density at radius 2 is 2.14 bits per heavy atom. The van der Waals surface area contributed by atoms with E-state index >= 15 is 0 Å². The maximum atomic E-state index is 12.9. The van der Waals surface area contributed by atoms with Crippen LogP contribution in [0.15, 0.2) is 18.2 Å². The van der Waals surface area contributed by atoms with Crippen LogP contribution in [0.2, 0.25) is 0 Å². The van der Waals surface area contributed by atoms with Crippen molar-refractivity contribution in [3.8, 4) is 5.75 Å². The number of nitrogen functional groups attached to an aromatic ring is 1. The number of para-hydroxylation sites is 1. The predicted octanol–water partition coefficient (Wildman–Crippen LogP) is 3.32. The molecule has 2 rings (SSSR count). The zero-order chi connectivity index (χ0) is 15.4. The molecule has 0 atom stereocenters. The molecule has 21 heavy (non-hydrogen) atoms. The van der Waals surface area contributed by atoms with Gasteiger partial charge in [-0.05, 0) is 44.2 Å². The van der Waals surface area contributed by atoms with Crippen molar-refractivity contribution >= 4 is 11.6 Å². The molecule has 0 radical (unpaired) electrons. The van der Waals surface area contributed by atoms with Gasteiger partial charge < -0.3 is 15.4 Å². The number of hydrogen-bond donors (Lipinski definition) is 1. The summed E-state index contributed by atoms with van der Waals surface area (Å²) in [6.45, 7) is 7.58. The fourth-order valence-electron chi connectivity index (χ4n) is 2.42. The summed E-state index contributed by atoms with van der Waals surface area (Å²) in [5, 5.41) is 0. The number of benzene rings is 1. The highest BCUT2D eigenvalue weighted by atomic mass is 16.5. The molecular weight excluding hydrogens is 264 g/mol. The Bertz CT molecular complexity index is 496. The third-order valence-corrected chi connectivity index (χ3v) is 3.76. The van der Waals surface area contributed by atoms with Crippen molar-refractivity contribution in [3.05, 3.63) is 23.8 Å². The molecule has 1 aliphatic rings. The average Bonchev–Trinajstić information content (AvgIpc) is 3.25. The van der Waals surface area contributed by atoms with E-state index in [4.69, 9.17) is 10.5 Å². The van der Waals surface area contributed by atoms with E-state index in [0.717, 1.165) is 25.8 Å². The largest absolute Gasteiger partial charge is 0.491 e. The summed E-state index contributed by atoms with van der Waals surface area (Å²) >= 11 is 0. The first-order valence-corrected chi connectivity index (χ1v) is 7.86. The van der Waals surface area contributed by atoms with E-state index in [-0.39, 0.29) is 5.91 Å². The number of rotatable bonds is 7. The Balaban J connectivity index is 2.22. The van der Waals surface area contributed by atoms with Gasteiger partial charge in [-0.2, -0.15) is 0 Å². The molecule has 116 valence electrons. The van der Waals surface area contributed by atoms with Gasteiger partial charge in [0.2, 0.25) is 0 Å². The van der Waals surface area contributed by atoms with E-state index in [1.807, 2.05) is 24.0 Å². The Kier molecular flexibility index (Phi) is 5.10. The molecule has 0 heterocycles. The van der Waals surface area contributed by atoms with Gasteiger partial charge in [-0.15, -0.1) is 0 Å². The molecule has 4 heteroatoms. The minimum atomic E-state index is 0.0499. The van der Waals surface area contributed by atoms with E-state index in [9.17, 15) is 4.79 Å². The third-order valence-electron chi connectivity index (χ3n) is 3.76. The van der Waals surface area contributed by atoms with Crippen LogP contribution in [0.25, 0.3) is 0 Å². The highest BCUT2D eigenvalue weighted by molar-refractivity contribution is 5.99. The minimum Gasteiger partial charge on any atom is -0.491 e. The van der Waals surface area contributed by atoms with Crippen LogP contribution in [0.3, 0.4) is 0 Å². The molecule has 0 saturated heterocycles. The van der Waals surface area contributed by atoms with Gasteiger partial charge in [0.1, 0.15) is 0 Å². The number of carbonyl (C=O) groups is 1. The normalized spacial score (nSPS) is 14.3. The molecule has 1 aromatic rings. The average molecular weight is 290 g/mol.